The van der Waals surface area contributed by atoms with Crippen molar-refractivity contribution in [1.29, 1.82) is 0 Å². The fourth-order valence-electron chi connectivity index (χ4n) is 3.07. The summed E-state index contributed by atoms with van der Waals surface area (Å²) in [5, 5.41) is 2.79. The molecule has 1 heterocycles. The highest BCUT2D eigenvalue weighted by Gasteiger charge is 2.19. The van der Waals surface area contributed by atoms with Gasteiger partial charge in [0.15, 0.2) is 0 Å². The largest absolute Gasteiger partial charge is 0.355 e. The fourth-order valence-corrected chi connectivity index (χ4v) is 4.92. The van der Waals surface area contributed by atoms with Crippen LogP contribution in [0.3, 0.4) is 0 Å². The Balaban J connectivity index is 1.69. The number of carbonyl (C=O) groups is 1. The summed E-state index contributed by atoms with van der Waals surface area (Å²) in [5.41, 5.74) is 1.59. The van der Waals surface area contributed by atoms with Crippen molar-refractivity contribution in [3.05, 3.63) is 57.9 Å². The quantitative estimate of drug-likeness (QED) is 0.322. The average Bonchev–Trinajstić information content (AvgIpc) is 3.25. The van der Waals surface area contributed by atoms with Gasteiger partial charge in [0.25, 0.3) is 0 Å². The first-order valence-corrected chi connectivity index (χ1v) is 12.9. The second-order valence-corrected chi connectivity index (χ2v) is 10.7. The van der Waals surface area contributed by atoms with Gasteiger partial charge in [-0.3, -0.25) is 4.79 Å². The number of nitrogens with zero attached hydrogens (tertiary/aromatic N) is 2. The third kappa shape index (κ3) is 6.86. The van der Waals surface area contributed by atoms with Crippen molar-refractivity contribution in [2.24, 2.45) is 0 Å². The van der Waals surface area contributed by atoms with Crippen LogP contribution in [-0.2, 0) is 14.8 Å². The van der Waals surface area contributed by atoms with Crippen molar-refractivity contribution in [1.82, 2.24) is 24.9 Å². The maximum absolute atomic E-state index is 13.9. The summed E-state index contributed by atoms with van der Waals surface area (Å²) in [6.07, 6.45) is 2.03. The van der Waals surface area contributed by atoms with Gasteiger partial charge < -0.3 is 15.2 Å². The number of aromatic nitrogens is 2. The third-order valence-corrected chi connectivity index (χ3v) is 7.30. The van der Waals surface area contributed by atoms with Crippen LogP contribution in [0.15, 0.2) is 52.0 Å². The summed E-state index contributed by atoms with van der Waals surface area (Å²) in [6, 6.07) is 9.22. The van der Waals surface area contributed by atoms with Crippen LogP contribution in [0, 0.1) is 5.82 Å². The summed E-state index contributed by atoms with van der Waals surface area (Å²) >= 11 is 9.29. The molecule has 0 spiro atoms. The molecule has 0 unspecified atom stereocenters. The Morgan fingerprint density at radius 3 is 2.62 bits per heavy atom. The molecule has 0 aliphatic carbocycles. The van der Waals surface area contributed by atoms with Crippen molar-refractivity contribution in [3.63, 3.8) is 0 Å². The Hall–Kier alpha value is -2.31. The van der Waals surface area contributed by atoms with Crippen LogP contribution in [0.25, 0.3) is 22.6 Å². The van der Waals surface area contributed by atoms with Gasteiger partial charge in [-0.05, 0) is 66.8 Å². The number of halogens is 3. The van der Waals surface area contributed by atoms with E-state index in [0.29, 0.717) is 40.1 Å². The molecule has 3 aromatic rings. The van der Waals surface area contributed by atoms with Crippen LogP contribution in [0.4, 0.5) is 4.39 Å². The molecule has 3 N–H and O–H groups in total. The van der Waals surface area contributed by atoms with Gasteiger partial charge in [0.05, 0.1) is 21.7 Å². The Labute approximate surface area is 211 Å². The zero-order valence-electron chi connectivity index (χ0n) is 18.5. The number of sulfonamides is 1. The number of imidazole rings is 1. The molecular weight excluding hydrogens is 549 g/mol. The minimum atomic E-state index is -3.90. The normalized spacial score (nSPS) is 11.7. The van der Waals surface area contributed by atoms with Crippen molar-refractivity contribution in [2.45, 2.75) is 11.3 Å². The van der Waals surface area contributed by atoms with Crippen LogP contribution in [0.1, 0.15) is 6.42 Å². The molecule has 0 bridgehead atoms. The predicted octanol–water partition coefficient (Wildman–Crippen LogP) is 3.64. The van der Waals surface area contributed by atoms with E-state index in [0.717, 1.165) is 0 Å². The molecule has 0 fully saturated rings. The Bertz CT molecular complexity index is 1280. The highest BCUT2D eigenvalue weighted by molar-refractivity contribution is 9.10. The van der Waals surface area contributed by atoms with Crippen LogP contribution >= 0.6 is 27.5 Å². The maximum Gasteiger partial charge on any atom is 0.242 e. The van der Waals surface area contributed by atoms with E-state index >= 15 is 0 Å². The number of amides is 1. The number of benzene rings is 2. The fraction of sp³-hybridized carbons (Fsp3) is 0.273. The summed E-state index contributed by atoms with van der Waals surface area (Å²) in [4.78, 5) is 20.7. The number of hydrogen-bond donors (Lipinski definition) is 3. The van der Waals surface area contributed by atoms with E-state index in [-0.39, 0.29) is 28.9 Å². The Kier molecular flexibility index (Phi) is 8.83. The summed E-state index contributed by atoms with van der Waals surface area (Å²) in [6.45, 7) is 0.735. The lowest BCUT2D eigenvalue weighted by molar-refractivity contribution is -0.121. The highest BCUT2D eigenvalue weighted by Crippen LogP contribution is 2.29. The van der Waals surface area contributed by atoms with Crippen molar-refractivity contribution in [3.8, 4) is 22.6 Å². The number of H-pyrrole nitrogens is 1. The van der Waals surface area contributed by atoms with E-state index < -0.39 is 15.8 Å². The number of carbonyl (C=O) groups excluding carboxylic acids is 1. The molecule has 0 radical (unpaired) electrons. The molecule has 8 nitrogen and oxygen atoms in total. The lowest BCUT2D eigenvalue weighted by atomic mass is 10.2. The van der Waals surface area contributed by atoms with Gasteiger partial charge in [0.2, 0.25) is 15.9 Å². The minimum Gasteiger partial charge on any atom is -0.355 e. The standard InChI is InChI=1S/C22H24BrClFN5O3S/c1-30(2)13-21(31)26-8-3-9-28-34(32,33)20-11-15(5-7-17(20)24)22-27-12-19(29-22)14-4-6-16(23)18(25)10-14/h4-7,10-12,28H,3,8-9,13H2,1-2H3,(H,26,31)(H,27,29). The van der Waals surface area contributed by atoms with E-state index in [4.69, 9.17) is 11.6 Å². The molecule has 0 aliphatic heterocycles. The van der Waals surface area contributed by atoms with Gasteiger partial charge in [0.1, 0.15) is 16.5 Å². The maximum atomic E-state index is 13.9. The van der Waals surface area contributed by atoms with E-state index in [1.165, 1.54) is 18.2 Å². The van der Waals surface area contributed by atoms with Crippen LogP contribution in [0.2, 0.25) is 5.02 Å². The molecule has 0 aliphatic rings. The highest BCUT2D eigenvalue weighted by atomic mass is 79.9. The number of likely N-dealkylation sites (N-methyl/N-ethyl adjacent to an activating group) is 1. The average molecular weight is 573 g/mol. The second-order valence-electron chi connectivity index (χ2n) is 7.75. The van der Waals surface area contributed by atoms with Crippen molar-refractivity contribution < 1.29 is 17.6 Å². The molecule has 182 valence electrons. The molecule has 0 atom stereocenters. The molecule has 0 saturated carbocycles. The summed E-state index contributed by atoms with van der Waals surface area (Å²) in [7, 11) is -0.321. The van der Waals surface area contributed by atoms with Crippen LogP contribution in [0.5, 0.6) is 0 Å². The third-order valence-electron chi connectivity index (χ3n) is 4.72. The zero-order valence-corrected chi connectivity index (χ0v) is 21.7. The molecule has 2 aromatic carbocycles. The van der Waals surface area contributed by atoms with Gasteiger partial charge in [-0.1, -0.05) is 17.7 Å². The lowest BCUT2D eigenvalue weighted by Gasteiger charge is -2.11. The second kappa shape index (κ2) is 11.4. The van der Waals surface area contributed by atoms with Gasteiger partial charge in [0, 0.05) is 30.4 Å². The number of nitrogens with one attached hydrogen (secondary N) is 3. The first-order chi connectivity index (χ1) is 16.1. The predicted molar refractivity (Wildman–Crippen MR) is 133 cm³/mol. The Morgan fingerprint density at radius 2 is 1.91 bits per heavy atom. The molecule has 1 aromatic heterocycles. The monoisotopic (exact) mass is 571 g/mol. The first kappa shape index (κ1) is 26.3. The topological polar surface area (TPSA) is 107 Å². The minimum absolute atomic E-state index is 0.0669. The molecular formula is C22H24BrClFN5O3S. The smallest absolute Gasteiger partial charge is 0.242 e. The zero-order chi connectivity index (χ0) is 24.9. The van der Waals surface area contributed by atoms with E-state index in [9.17, 15) is 17.6 Å². The van der Waals surface area contributed by atoms with Crippen LogP contribution in [-0.4, -0.2) is 62.9 Å². The van der Waals surface area contributed by atoms with Gasteiger partial charge >= 0.3 is 0 Å². The Morgan fingerprint density at radius 1 is 1.18 bits per heavy atom. The molecule has 3 rings (SSSR count). The molecule has 34 heavy (non-hydrogen) atoms. The van der Waals surface area contributed by atoms with Gasteiger partial charge in [-0.15, -0.1) is 0 Å². The molecule has 0 saturated heterocycles. The SMILES string of the molecule is CN(C)CC(=O)NCCCNS(=O)(=O)c1cc(-c2nc(-c3ccc(Br)c(F)c3)c[nH]2)ccc1Cl. The lowest BCUT2D eigenvalue weighted by Crippen LogP contribution is -2.35. The van der Waals surface area contributed by atoms with Gasteiger partial charge in [-0.25, -0.2) is 22.5 Å². The molecule has 12 heteroatoms. The number of aromatic amines is 1. The van der Waals surface area contributed by atoms with E-state index in [2.05, 4.69) is 35.9 Å². The summed E-state index contributed by atoms with van der Waals surface area (Å²) in [5.74, 6) is -0.132. The van der Waals surface area contributed by atoms with Crippen LogP contribution < -0.4 is 10.0 Å². The number of hydrogen-bond acceptors (Lipinski definition) is 5. The van der Waals surface area contributed by atoms with E-state index in [1.54, 1.807) is 43.4 Å². The van der Waals surface area contributed by atoms with E-state index in [1.807, 2.05) is 0 Å². The first-order valence-electron chi connectivity index (χ1n) is 10.3. The summed E-state index contributed by atoms with van der Waals surface area (Å²) < 4.78 is 42.3. The van der Waals surface area contributed by atoms with Crippen molar-refractivity contribution >= 4 is 43.5 Å². The van der Waals surface area contributed by atoms with Crippen molar-refractivity contribution in [2.75, 3.05) is 33.7 Å². The molecule has 1 amide bonds. The number of rotatable bonds is 10. The van der Waals surface area contributed by atoms with Gasteiger partial charge in [-0.2, -0.15) is 0 Å².